The minimum absolute atomic E-state index is 0.0664. The molecule has 2 heterocycles. The summed E-state index contributed by atoms with van der Waals surface area (Å²) in [4.78, 5) is 27.6. The van der Waals surface area contributed by atoms with Crippen LogP contribution in [0, 0.1) is 0 Å². The van der Waals surface area contributed by atoms with Crippen LogP contribution >= 0.6 is 0 Å². The van der Waals surface area contributed by atoms with Gasteiger partial charge in [0.1, 0.15) is 28.8 Å². The van der Waals surface area contributed by atoms with E-state index in [0.29, 0.717) is 23.3 Å². The topological polar surface area (TPSA) is 63.7 Å². The highest BCUT2D eigenvalue weighted by molar-refractivity contribution is 5.97. The van der Waals surface area contributed by atoms with E-state index in [1.807, 2.05) is 30.3 Å². The minimum atomic E-state index is -0.308. The Morgan fingerprint density at radius 2 is 1.78 bits per heavy atom. The first-order valence-electron chi connectivity index (χ1n) is 9.00. The van der Waals surface area contributed by atoms with Gasteiger partial charge in [0.05, 0.1) is 11.9 Å². The van der Waals surface area contributed by atoms with E-state index in [-0.39, 0.29) is 22.9 Å². The molecule has 5 heteroatoms. The molecule has 134 valence electrons. The molecule has 0 aliphatic heterocycles. The molecule has 4 aromatic rings. The van der Waals surface area contributed by atoms with Crippen molar-refractivity contribution in [2.45, 2.75) is 25.4 Å². The fraction of sp³-hybridized carbons (Fsp3) is 0.182. The second kappa shape index (κ2) is 6.13. The Morgan fingerprint density at radius 1 is 1.04 bits per heavy atom. The normalized spacial score (nSPS) is 13.9. The zero-order valence-electron chi connectivity index (χ0n) is 14.6. The largest absolute Gasteiger partial charge is 0.463 e. The van der Waals surface area contributed by atoms with Crippen LogP contribution in [-0.2, 0) is 6.54 Å². The van der Waals surface area contributed by atoms with Gasteiger partial charge in [0.15, 0.2) is 0 Å². The number of hydrogen-bond acceptors (Lipinski definition) is 4. The molecular formula is C22H17NO4. The summed E-state index contributed by atoms with van der Waals surface area (Å²) in [6.07, 6.45) is 3.15. The van der Waals surface area contributed by atoms with E-state index in [4.69, 9.17) is 8.83 Å². The van der Waals surface area contributed by atoms with Gasteiger partial charge in [-0.3, -0.25) is 9.59 Å². The van der Waals surface area contributed by atoms with E-state index in [2.05, 4.69) is 0 Å². The van der Waals surface area contributed by atoms with Gasteiger partial charge in [0.2, 0.25) is 5.43 Å². The molecule has 0 N–H and O–H groups in total. The number of nitrogens with zero attached hydrogens (tertiary/aromatic N) is 1. The number of para-hydroxylation sites is 2. The smallest absolute Gasteiger partial charge is 0.261 e. The SMILES string of the molecule is O=C(c1coc2ccccc2c1=O)N(Cc1cc2ccccc2o1)C1CC1. The summed E-state index contributed by atoms with van der Waals surface area (Å²) in [6, 6.07) is 16.8. The number of furan rings is 1. The number of rotatable bonds is 4. The number of amides is 1. The lowest BCUT2D eigenvalue weighted by Gasteiger charge is -2.20. The first-order valence-corrected chi connectivity index (χ1v) is 9.00. The van der Waals surface area contributed by atoms with Crippen LogP contribution in [0.25, 0.3) is 21.9 Å². The molecule has 1 saturated carbocycles. The molecule has 1 aliphatic rings. The molecule has 0 saturated heterocycles. The van der Waals surface area contributed by atoms with Crippen LogP contribution in [0.5, 0.6) is 0 Å². The predicted octanol–water partition coefficient (Wildman–Crippen LogP) is 4.34. The van der Waals surface area contributed by atoms with Gasteiger partial charge in [0, 0.05) is 11.4 Å². The maximum Gasteiger partial charge on any atom is 0.261 e. The summed E-state index contributed by atoms with van der Waals surface area (Å²) in [7, 11) is 0. The molecule has 0 bridgehead atoms. The third-order valence-corrected chi connectivity index (χ3v) is 4.96. The molecule has 0 radical (unpaired) electrons. The third kappa shape index (κ3) is 2.81. The summed E-state index contributed by atoms with van der Waals surface area (Å²) < 4.78 is 11.4. The van der Waals surface area contributed by atoms with Crippen molar-refractivity contribution in [2.75, 3.05) is 0 Å². The quantitative estimate of drug-likeness (QED) is 0.544. The molecule has 1 fully saturated rings. The fourth-order valence-electron chi connectivity index (χ4n) is 3.42. The van der Waals surface area contributed by atoms with Crippen LogP contribution in [0.1, 0.15) is 29.0 Å². The number of carbonyl (C=O) groups is 1. The predicted molar refractivity (Wildman–Crippen MR) is 102 cm³/mol. The van der Waals surface area contributed by atoms with Gasteiger partial charge >= 0.3 is 0 Å². The summed E-state index contributed by atoms with van der Waals surface area (Å²) in [5.41, 5.74) is 1.05. The highest BCUT2D eigenvalue weighted by Crippen LogP contribution is 2.31. The molecule has 2 aromatic heterocycles. The molecule has 0 unspecified atom stereocenters. The Labute approximate surface area is 154 Å². The van der Waals surface area contributed by atoms with E-state index in [9.17, 15) is 9.59 Å². The van der Waals surface area contributed by atoms with Gasteiger partial charge in [-0.1, -0.05) is 30.3 Å². The molecule has 1 aliphatic carbocycles. The van der Waals surface area contributed by atoms with E-state index >= 15 is 0 Å². The van der Waals surface area contributed by atoms with Crippen molar-refractivity contribution in [1.29, 1.82) is 0 Å². The zero-order chi connectivity index (χ0) is 18.4. The average molecular weight is 359 g/mol. The molecule has 2 aromatic carbocycles. The second-order valence-corrected chi connectivity index (χ2v) is 6.89. The molecule has 0 spiro atoms. The average Bonchev–Trinajstić information content (AvgIpc) is 3.45. The van der Waals surface area contributed by atoms with Crippen molar-refractivity contribution >= 4 is 27.8 Å². The number of benzene rings is 2. The van der Waals surface area contributed by atoms with Crippen LogP contribution in [-0.4, -0.2) is 16.8 Å². The number of carbonyl (C=O) groups excluding carboxylic acids is 1. The monoisotopic (exact) mass is 359 g/mol. The zero-order valence-corrected chi connectivity index (χ0v) is 14.6. The number of fused-ring (bicyclic) bond motifs is 2. The summed E-state index contributed by atoms with van der Waals surface area (Å²) in [5.74, 6) is 0.402. The second-order valence-electron chi connectivity index (χ2n) is 6.89. The van der Waals surface area contributed by atoms with Crippen molar-refractivity contribution in [1.82, 2.24) is 4.90 Å². The van der Waals surface area contributed by atoms with Gasteiger partial charge in [0.25, 0.3) is 5.91 Å². The van der Waals surface area contributed by atoms with E-state index < -0.39 is 0 Å². The Bertz CT molecular complexity index is 1180. The van der Waals surface area contributed by atoms with Crippen LogP contribution in [0.2, 0.25) is 0 Å². The summed E-state index contributed by atoms with van der Waals surface area (Å²) in [5, 5.41) is 1.42. The maximum absolute atomic E-state index is 13.1. The lowest BCUT2D eigenvalue weighted by Crippen LogP contribution is -2.35. The van der Waals surface area contributed by atoms with Crippen molar-refractivity contribution < 1.29 is 13.6 Å². The van der Waals surface area contributed by atoms with Crippen LogP contribution in [0.15, 0.2) is 74.5 Å². The van der Waals surface area contributed by atoms with Gasteiger partial charge in [-0.05, 0) is 37.1 Å². The molecule has 27 heavy (non-hydrogen) atoms. The first kappa shape index (κ1) is 15.9. The molecule has 0 atom stereocenters. The van der Waals surface area contributed by atoms with Gasteiger partial charge in [-0.15, -0.1) is 0 Å². The van der Waals surface area contributed by atoms with Gasteiger partial charge in [-0.25, -0.2) is 0 Å². The van der Waals surface area contributed by atoms with Crippen LogP contribution in [0.4, 0.5) is 0 Å². The summed E-state index contributed by atoms with van der Waals surface area (Å²) in [6.45, 7) is 0.338. The molecule has 5 nitrogen and oxygen atoms in total. The highest BCUT2D eigenvalue weighted by atomic mass is 16.3. The Morgan fingerprint density at radius 3 is 2.56 bits per heavy atom. The van der Waals surface area contributed by atoms with Crippen molar-refractivity contribution in [2.24, 2.45) is 0 Å². The van der Waals surface area contributed by atoms with Gasteiger partial charge < -0.3 is 13.7 Å². The maximum atomic E-state index is 13.1. The van der Waals surface area contributed by atoms with E-state index in [1.54, 1.807) is 29.2 Å². The minimum Gasteiger partial charge on any atom is -0.463 e. The lowest BCUT2D eigenvalue weighted by molar-refractivity contribution is 0.0715. The van der Waals surface area contributed by atoms with Crippen LogP contribution in [0.3, 0.4) is 0 Å². The molecular weight excluding hydrogens is 342 g/mol. The number of hydrogen-bond donors (Lipinski definition) is 0. The van der Waals surface area contributed by atoms with Gasteiger partial charge in [-0.2, -0.15) is 0 Å². The Hall–Kier alpha value is -3.34. The lowest BCUT2D eigenvalue weighted by atomic mass is 10.1. The summed E-state index contributed by atoms with van der Waals surface area (Å²) >= 11 is 0. The van der Waals surface area contributed by atoms with Crippen molar-refractivity contribution in [3.63, 3.8) is 0 Å². The van der Waals surface area contributed by atoms with Crippen LogP contribution < -0.4 is 5.43 Å². The third-order valence-electron chi connectivity index (χ3n) is 4.96. The van der Waals surface area contributed by atoms with Crippen molar-refractivity contribution in [3.8, 4) is 0 Å². The van der Waals surface area contributed by atoms with Crippen molar-refractivity contribution in [3.05, 3.63) is 82.4 Å². The van der Waals surface area contributed by atoms with E-state index in [0.717, 1.165) is 23.8 Å². The standard InChI is InChI=1S/C22H17NO4/c24-21-17-6-2-4-8-20(17)26-13-18(21)22(25)23(15-9-10-15)12-16-11-14-5-1-3-7-19(14)27-16/h1-8,11,13,15H,9-10,12H2. The van der Waals surface area contributed by atoms with E-state index in [1.165, 1.54) is 6.26 Å². The fourth-order valence-corrected chi connectivity index (χ4v) is 3.42. The molecule has 5 rings (SSSR count). The Kier molecular flexibility index (Phi) is 3.60. The highest BCUT2D eigenvalue weighted by Gasteiger charge is 2.35. The molecule has 1 amide bonds. The Balaban J connectivity index is 1.51. The first-order chi connectivity index (χ1) is 13.2.